The second kappa shape index (κ2) is 6.64. The number of hydrogen-bond acceptors (Lipinski definition) is 3. The lowest BCUT2D eigenvalue weighted by atomic mass is 9.89. The van der Waals surface area contributed by atoms with E-state index >= 15 is 0 Å². The first-order valence-electron chi connectivity index (χ1n) is 8.16. The summed E-state index contributed by atoms with van der Waals surface area (Å²) in [4.78, 5) is 4.98. The molecule has 0 saturated carbocycles. The number of halogens is 1. The minimum absolute atomic E-state index is 0.187. The molecule has 1 aromatic heterocycles. The third-order valence-electron chi connectivity index (χ3n) is 4.90. The number of benzene rings is 1. The van der Waals surface area contributed by atoms with Gasteiger partial charge in [-0.2, -0.15) is 0 Å². The Morgan fingerprint density at radius 1 is 1.38 bits per heavy atom. The first-order chi connectivity index (χ1) is 11.4. The molecule has 4 nitrogen and oxygen atoms in total. The van der Waals surface area contributed by atoms with Crippen molar-refractivity contribution in [2.75, 3.05) is 13.2 Å². The Hall–Kier alpha value is -1.14. The lowest BCUT2D eigenvalue weighted by molar-refractivity contribution is 0.0461. The summed E-state index contributed by atoms with van der Waals surface area (Å²) in [5.74, 6) is 4.01. The van der Waals surface area contributed by atoms with Gasteiger partial charge in [0.25, 0.3) is 0 Å². The zero-order chi connectivity index (χ0) is 17.4. The van der Waals surface area contributed by atoms with Crippen LogP contribution in [0.15, 0.2) is 29.3 Å². The maximum absolute atomic E-state index is 13.3. The number of nitrogens with zero attached hydrogens (tertiary/aromatic N) is 1. The van der Waals surface area contributed by atoms with Crippen LogP contribution in [0.2, 0.25) is 5.02 Å². The van der Waals surface area contributed by atoms with E-state index in [-0.39, 0.29) is 5.54 Å². The van der Waals surface area contributed by atoms with Gasteiger partial charge < -0.3 is 4.74 Å². The Morgan fingerprint density at radius 2 is 2.08 bits per heavy atom. The number of ether oxygens (including phenoxy) is 1. The average molecular weight is 367 g/mol. The van der Waals surface area contributed by atoms with Crippen LogP contribution < -0.4 is 4.72 Å². The van der Waals surface area contributed by atoms with Crippen LogP contribution in [0.25, 0.3) is 10.8 Å². The molecule has 1 N–H and O–H groups in total. The van der Waals surface area contributed by atoms with Gasteiger partial charge in [-0.15, -0.1) is 0 Å². The van der Waals surface area contributed by atoms with Gasteiger partial charge in [0, 0.05) is 46.3 Å². The van der Waals surface area contributed by atoms with Crippen molar-refractivity contribution in [2.45, 2.75) is 43.5 Å². The van der Waals surface area contributed by atoms with Crippen LogP contribution in [0.5, 0.6) is 0 Å². The van der Waals surface area contributed by atoms with Crippen molar-refractivity contribution in [1.82, 2.24) is 9.71 Å². The van der Waals surface area contributed by atoms with E-state index in [2.05, 4.69) is 22.5 Å². The fourth-order valence-electron chi connectivity index (χ4n) is 3.23. The molecule has 1 aromatic carbocycles. The Balaban J connectivity index is 2.00. The molecule has 1 aliphatic heterocycles. The van der Waals surface area contributed by atoms with Crippen molar-refractivity contribution in [1.29, 1.82) is 0 Å². The zero-order valence-electron chi connectivity index (χ0n) is 14.1. The highest BCUT2D eigenvalue weighted by Gasteiger charge is 2.33. The van der Waals surface area contributed by atoms with E-state index < -0.39 is 9.71 Å². The topological polar surface area (TPSA) is 51.2 Å². The van der Waals surface area contributed by atoms with Gasteiger partial charge in [-0.25, -0.2) is 8.93 Å². The quantitative estimate of drug-likeness (QED) is 0.838. The molecule has 1 aliphatic rings. The Morgan fingerprint density at radius 3 is 2.75 bits per heavy atom. The van der Waals surface area contributed by atoms with Crippen molar-refractivity contribution in [2.24, 2.45) is 0 Å². The van der Waals surface area contributed by atoms with Crippen molar-refractivity contribution in [3.05, 3.63) is 35.1 Å². The van der Waals surface area contributed by atoms with Gasteiger partial charge in [0.15, 0.2) is 0 Å². The van der Waals surface area contributed by atoms with Crippen LogP contribution >= 0.6 is 11.6 Å². The molecule has 1 unspecified atom stereocenters. The van der Waals surface area contributed by atoms with Crippen LogP contribution in [0.1, 0.15) is 31.9 Å². The van der Waals surface area contributed by atoms with Crippen molar-refractivity contribution >= 4 is 38.0 Å². The maximum atomic E-state index is 13.3. The molecule has 6 heteroatoms. The second-order valence-corrected chi connectivity index (χ2v) is 8.86. The Bertz CT molecular complexity index is 859. The molecule has 0 amide bonds. The summed E-state index contributed by atoms with van der Waals surface area (Å²) in [6, 6.07) is 5.64. The second-order valence-electron chi connectivity index (χ2n) is 6.42. The minimum Gasteiger partial charge on any atom is -0.381 e. The monoisotopic (exact) mass is 366 g/mol. The number of fused-ring (bicyclic) bond motifs is 1. The van der Waals surface area contributed by atoms with E-state index in [4.69, 9.17) is 16.3 Å². The molecule has 0 spiro atoms. The van der Waals surface area contributed by atoms with Gasteiger partial charge >= 0.3 is 0 Å². The number of pyridine rings is 1. The number of aromatic nitrogens is 1. The Kier molecular flexibility index (Phi) is 4.89. The summed E-state index contributed by atoms with van der Waals surface area (Å²) in [5, 5.41) is 2.43. The summed E-state index contributed by atoms with van der Waals surface area (Å²) in [7, 11) is -2.63. The van der Waals surface area contributed by atoms with E-state index in [1.165, 1.54) is 0 Å². The third kappa shape index (κ3) is 3.31. The summed E-state index contributed by atoms with van der Waals surface area (Å²) in [6.07, 6.45) is 4.22. The molecule has 1 saturated heterocycles. The van der Waals surface area contributed by atoms with E-state index in [0.29, 0.717) is 23.1 Å². The molecule has 1 fully saturated rings. The lowest BCUT2D eigenvalue weighted by Crippen LogP contribution is -2.51. The fraction of sp³-hybridized carbons (Fsp3) is 0.444. The number of rotatable bonds is 4. The molecular formula is C18H23ClN2O2S. The average Bonchev–Trinajstić information content (AvgIpc) is 2.58. The SMILES string of the molecule is C=S(=O)(NC1(CC)CCOCC1)c1ccc2c(Cl)cnc(C)c2c1. The van der Waals surface area contributed by atoms with Gasteiger partial charge in [0.2, 0.25) is 0 Å². The maximum Gasteiger partial charge on any atom is 0.0667 e. The highest BCUT2D eigenvalue weighted by atomic mass is 35.5. The van der Waals surface area contributed by atoms with E-state index in [9.17, 15) is 4.21 Å². The molecule has 0 radical (unpaired) electrons. The van der Waals surface area contributed by atoms with Crippen molar-refractivity contribution in [3.8, 4) is 0 Å². The van der Waals surface area contributed by atoms with Crippen LogP contribution in [0.3, 0.4) is 0 Å². The van der Waals surface area contributed by atoms with Crippen LogP contribution in [0.4, 0.5) is 0 Å². The van der Waals surface area contributed by atoms with Gasteiger partial charge in [-0.1, -0.05) is 24.6 Å². The molecule has 0 aliphatic carbocycles. The van der Waals surface area contributed by atoms with Crippen molar-refractivity contribution in [3.63, 3.8) is 0 Å². The summed E-state index contributed by atoms with van der Waals surface area (Å²) >= 11 is 6.22. The normalized spacial score (nSPS) is 20.0. The largest absolute Gasteiger partial charge is 0.381 e. The van der Waals surface area contributed by atoms with Gasteiger partial charge in [-0.3, -0.25) is 4.98 Å². The smallest absolute Gasteiger partial charge is 0.0667 e. The number of hydrogen-bond donors (Lipinski definition) is 1. The highest BCUT2D eigenvalue weighted by Crippen LogP contribution is 2.30. The summed E-state index contributed by atoms with van der Waals surface area (Å²) < 4.78 is 22.2. The standard InChI is InChI=1S/C18H23ClN2O2S/c1-4-18(7-9-23-10-8-18)21-24(3,22)14-5-6-15-16(11-14)13(2)20-12-17(15)19/h5-6,11-12H,3-4,7-10H2,1-2H3,(H,21,22). The summed E-state index contributed by atoms with van der Waals surface area (Å²) in [5.41, 5.74) is 0.677. The Labute approximate surface area is 148 Å². The predicted molar refractivity (Wildman–Crippen MR) is 101 cm³/mol. The van der Waals surface area contributed by atoms with Crippen LogP contribution in [0, 0.1) is 6.92 Å². The molecule has 3 rings (SSSR count). The van der Waals surface area contributed by atoms with E-state index in [1.807, 2.05) is 25.1 Å². The summed E-state index contributed by atoms with van der Waals surface area (Å²) in [6.45, 7) is 5.41. The molecule has 2 aromatic rings. The first-order valence-corrected chi connectivity index (χ1v) is 10.3. The lowest BCUT2D eigenvalue weighted by Gasteiger charge is -2.38. The third-order valence-corrected chi connectivity index (χ3v) is 6.98. The first kappa shape index (κ1) is 17.7. The highest BCUT2D eigenvalue weighted by molar-refractivity contribution is 7.98. The van der Waals surface area contributed by atoms with E-state index in [1.54, 1.807) is 6.20 Å². The molecule has 1 atom stereocenters. The molecular weight excluding hydrogens is 344 g/mol. The fourth-order valence-corrected chi connectivity index (χ4v) is 5.20. The molecule has 0 bridgehead atoms. The van der Waals surface area contributed by atoms with E-state index in [0.717, 1.165) is 35.7 Å². The van der Waals surface area contributed by atoms with Crippen LogP contribution in [-0.2, 0) is 14.4 Å². The number of aryl methyl sites for hydroxylation is 1. The number of nitrogens with one attached hydrogen (secondary N) is 1. The molecule has 24 heavy (non-hydrogen) atoms. The molecule has 2 heterocycles. The van der Waals surface area contributed by atoms with Crippen molar-refractivity contribution < 1.29 is 8.95 Å². The minimum atomic E-state index is -2.63. The zero-order valence-corrected chi connectivity index (χ0v) is 15.7. The van der Waals surface area contributed by atoms with Gasteiger partial charge in [-0.05, 0) is 44.2 Å². The molecule has 130 valence electrons. The van der Waals surface area contributed by atoms with Gasteiger partial charge in [0.05, 0.1) is 14.7 Å². The van der Waals surface area contributed by atoms with Gasteiger partial charge in [0.1, 0.15) is 0 Å². The predicted octanol–water partition coefficient (Wildman–Crippen LogP) is 3.74. The van der Waals surface area contributed by atoms with Crippen LogP contribution in [-0.4, -0.2) is 33.8 Å².